The minimum absolute atomic E-state index is 0.110. The van der Waals surface area contributed by atoms with Crippen LogP contribution >= 0.6 is 0 Å². The number of para-hydroxylation sites is 1. The summed E-state index contributed by atoms with van der Waals surface area (Å²) in [6, 6.07) is 11.1. The van der Waals surface area contributed by atoms with Gasteiger partial charge < -0.3 is 40.3 Å². The lowest BCUT2D eigenvalue weighted by Gasteiger charge is -2.38. The van der Waals surface area contributed by atoms with Gasteiger partial charge in [0.15, 0.2) is 5.75 Å². The van der Waals surface area contributed by atoms with Crippen molar-refractivity contribution in [2.75, 3.05) is 44.5 Å². The number of amides is 5. The zero-order valence-electron chi connectivity index (χ0n) is 24.9. The predicted molar refractivity (Wildman–Crippen MR) is 161 cm³/mol. The Bertz CT molecular complexity index is 1230. The Labute approximate surface area is 247 Å². The van der Waals surface area contributed by atoms with Crippen LogP contribution in [0.5, 0.6) is 11.5 Å². The third kappa shape index (κ3) is 7.64. The lowest BCUT2D eigenvalue weighted by atomic mass is 9.96. The first-order valence-electron chi connectivity index (χ1n) is 14.6. The molecule has 1 aliphatic carbocycles. The molecule has 11 heteroatoms. The third-order valence-electron chi connectivity index (χ3n) is 8.02. The molecule has 228 valence electrons. The molecule has 3 atom stereocenters. The number of anilines is 2. The zero-order valence-corrected chi connectivity index (χ0v) is 24.9. The van der Waals surface area contributed by atoms with E-state index in [-0.39, 0.29) is 54.4 Å². The van der Waals surface area contributed by atoms with Crippen molar-refractivity contribution in [3.63, 3.8) is 0 Å². The van der Waals surface area contributed by atoms with E-state index >= 15 is 0 Å². The van der Waals surface area contributed by atoms with Gasteiger partial charge in [0, 0.05) is 31.2 Å². The fourth-order valence-electron chi connectivity index (χ4n) is 5.40. The molecular formula is C31H43N5O6. The van der Waals surface area contributed by atoms with Crippen molar-refractivity contribution < 1.29 is 29.0 Å². The van der Waals surface area contributed by atoms with Crippen molar-refractivity contribution in [3.05, 3.63) is 48.0 Å². The van der Waals surface area contributed by atoms with Gasteiger partial charge in [0.25, 0.3) is 5.91 Å². The first-order valence-corrected chi connectivity index (χ1v) is 14.6. The number of benzene rings is 2. The molecule has 0 saturated heterocycles. The number of carbonyl (C=O) groups excluding carboxylic acids is 3. The number of aliphatic hydroxyl groups is 1. The monoisotopic (exact) mass is 581 g/mol. The topological polar surface area (TPSA) is 132 Å². The van der Waals surface area contributed by atoms with Crippen molar-refractivity contribution >= 4 is 29.3 Å². The van der Waals surface area contributed by atoms with Gasteiger partial charge in [-0.05, 0) is 56.2 Å². The number of nitrogens with zero attached hydrogens (tertiary/aromatic N) is 2. The van der Waals surface area contributed by atoms with Crippen LogP contribution in [0.2, 0.25) is 0 Å². The van der Waals surface area contributed by atoms with Crippen molar-refractivity contribution in [3.8, 4) is 11.5 Å². The van der Waals surface area contributed by atoms with Crippen LogP contribution in [-0.2, 0) is 0 Å². The standard InChI is InChI=1S/C31H43N5O6/c1-20-17-36(21(2)19-37)29(38)25-11-8-12-26(34-30(39)32-22-9-6-5-7-10-22)28(25)42-27(20)18-35(3)31(40)33-23-13-15-24(41-4)16-14-23/h8,11-16,20-22,27,37H,5-7,9-10,17-19H2,1-4H3,(H,33,40)(H2,32,34,39)/t20-,21+,27+/m0/s1. The summed E-state index contributed by atoms with van der Waals surface area (Å²) in [5, 5.41) is 18.7. The van der Waals surface area contributed by atoms with Gasteiger partial charge in [0.05, 0.1) is 37.6 Å². The highest BCUT2D eigenvalue weighted by Crippen LogP contribution is 2.35. The average Bonchev–Trinajstić information content (AvgIpc) is 2.99. The fourth-order valence-corrected chi connectivity index (χ4v) is 5.40. The molecule has 1 saturated carbocycles. The average molecular weight is 582 g/mol. The molecule has 2 aromatic rings. The van der Waals surface area contributed by atoms with Crippen LogP contribution in [0.3, 0.4) is 0 Å². The number of fused-ring (bicyclic) bond motifs is 1. The van der Waals surface area contributed by atoms with E-state index < -0.39 is 12.1 Å². The summed E-state index contributed by atoms with van der Waals surface area (Å²) in [6.45, 7) is 4.06. The van der Waals surface area contributed by atoms with Crippen LogP contribution < -0.4 is 25.4 Å². The Hall–Kier alpha value is -3.99. The van der Waals surface area contributed by atoms with Gasteiger partial charge in [0.1, 0.15) is 11.9 Å². The number of ether oxygens (including phenoxy) is 2. The van der Waals surface area contributed by atoms with E-state index in [4.69, 9.17) is 9.47 Å². The molecule has 11 nitrogen and oxygen atoms in total. The Kier molecular flexibility index (Phi) is 10.5. The van der Waals surface area contributed by atoms with Crippen LogP contribution in [0.4, 0.5) is 21.0 Å². The van der Waals surface area contributed by atoms with Crippen molar-refractivity contribution in [2.24, 2.45) is 5.92 Å². The Morgan fingerprint density at radius 3 is 2.50 bits per heavy atom. The third-order valence-corrected chi connectivity index (χ3v) is 8.02. The maximum Gasteiger partial charge on any atom is 0.321 e. The van der Waals surface area contributed by atoms with Crippen LogP contribution in [0.1, 0.15) is 56.3 Å². The highest BCUT2D eigenvalue weighted by atomic mass is 16.5. The van der Waals surface area contributed by atoms with E-state index in [0.717, 1.165) is 25.7 Å². The molecule has 2 aromatic carbocycles. The second kappa shape index (κ2) is 14.3. The van der Waals surface area contributed by atoms with Crippen LogP contribution in [-0.4, -0.2) is 84.9 Å². The van der Waals surface area contributed by atoms with Gasteiger partial charge in [-0.1, -0.05) is 32.3 Å². The lowest BCUT2D eigenvalue weighted by molar-refractivity contribution is 0.0373. The molecule has 0 spiro atoms. The van der Waals surface area contributed by atoms with Gasteiger partial charge >= 0.3 is 12.1 Å². The largest absolute Gasteiger partial charge is 0.497 e. The van der Waals surface area contributed by atoms with Gasteiger partial charge in [-0.3, -0.25) is 4.79 Å². The lowest BCUT2D eigenvalue weighted by Crippen LogP contribution is -2.50. The van der Waals surface area contributed by atoms with Crippen molar-refractivity contribution in [1.29, 1.82) is 0 Å². The maximum atomic E-state index is 13.7. The molecule has 0 aromatic heterocycles. The zero-order chi connectivity index (χ0) is 30.2. The molecule has 0 radical (unpaired) electrons. The van der Waals surface area contributed by atoms with Gasteiger partial charge in [-0.15, -0.1) is 0 Å². The Morgan fingerprint density at radius 1 is 1.12 bits per heavy atom. The van der Waals surface area contributed by atoms with E-state index in [1.54, 1.807) is 68.4 Å². The summed E-state index contributed by atoms with van der Waals surface area (Å²) in [7, 11) is 3.26. The number of aliphatic hydroxyl groups excluding tert-OH is 1. The predicted octanol–water partition coefficient (Wildman–Crippen LogP) is 4.53. The summed E-state index contributed by atoms with van der Waals surface area (Å²) in [5.41, 5.74) is 1.27. The Morgan fingerprint density at radius 2 is 1.83 bits per heavy atom. The SMILES string of the molecule is COc1ccc(NC(=O)N(C)C[C@H]2Oc3c(NC(=O)NC4CCCCC4)cccc3C(=O)N([C@H](C)CO)C[C@@H]2C)cc1. The number of hydrogen-bond donors (Lipinski definition) is 4. The van der Waals surface area contributed by atoms with E-state index in [0.29, 0.717) is 23.7 Å². The summed E-state index contributed by atoms with van der Waals surface area (Å²) < 4.78 is 11.7. The molecule has 4 rings (SSSR count). The number of rotatable bonds is 8. The number of urea groups is 2. The summed E-state index contributed by atoms with van der Waals surface area (Å²) in [5.74, 6) is 0.428. The van der Waals surface area contributed by atoms with Crippen LogP contribution in [0.25, 0.3) is 0 Å². The first kappa shape index (κ1) is 31.0. The highest BCUT2D eigenvalue weighted by molar-refractivity contribution is 6.01. The summed E-state index contributed by atoms with van der Waals surface area (Å²) >= 11 is 0. The molecule has 1 heterocycles. The summed E-state index contributed by atoms with van der Waals surface area (Å²) in [4.78, 5) is 42.9. The number of methoxy groups -OCH3 is 1. The van der Waals surface area contributed by atoms with E-state index in [9.17, 15) is 19.5 Å². The van der Waals surface area contributed by atoms with Gasteiger partial charge in [-0.25, -0.2) is 9.59 Å². The van der Waals surface area contributed by atoms with Crippen molar-refractivity contribution in [2.45, 2.75) is 64.1 Å². The molecule has 1 aliphatic heterocycles. The molecule has 42 heavy (non-hydrogen) atoms. The Balaban J connectivity index is 1.57. The summed E-state index contributed by atoms with van der Waals surface area (Å²) in [6.07, 6.45) is 4.70. The van der Waals surface area contributed by atoms with Crippen LogP contribution in [0, 0.1) is 5.92 Å². The van der Waals surface area contributed by atoms with E-state index in [2.05, 4.69) is 16.0 Å². The highest BCUT2D eigenvalue weighted by Gasteiger charge is 2.35. The van der Waals surface area contributed by atoms with Gasteiger partial charge in [-0.2, -0.15) is 0 Å². The molecule has 0 unspecified atom stereocenters. The van der Waals surface area contributed by atoms with E-state index in [1.807, 2.05) is 6.92 Å². The number of carbonyl (C=O) groups is 3. The quantitative estimate of drug-likeness (QED) is 0.362. The molecule has 5 amide bonds. The second-order valence-corrected chi connectivity index (χ2v) is 11.3. The maximum absolute atomic E-state index is 13.7. The minimum atomic E-state index is -0.527. The molecule has 1 fully saturated rings. The van der Waals surface area contributed by atoms with Crippen molar-refractivity contribution in [1.82, 2.24) is 15.1 Å². The molecular weight excluding hydrogens is 538 g/mol. The number of likely N-dealkylation sites (N-methyl/N-ethyl adjacent to an activating group) is 1. The number of hydrogen-bond acceptors (Lipinski definition) is 6. The first-order chi connectivity index (χ1) is 20.2. The van der Waals surface area contributed by atoms with Gasteiger partial charge in [0.2, 0.25) is 0 Å². The molecule has 2 aliphatic rings. The normalized spacial score (nSPS) is 19.8. The number of nitrogens with one attached hydrogen (secondary N) is 3. The molecule has 0 bridgehead atoms. The minimum Gasteiger partial charge on any atom is -0.497 e. The molecule has 4 N–H and O–H groups in total. The fraction of sp³-hybridized carbons (Fsp3) is 0.516. The second-order valence-electron chi connectivity index (χ2n) is 11.3. The smallest absolute Gasteiger partial charge is 0.321 e. The van der Waals surface area contributed by atoms with E-state index in [1.165, 1.54) is 11.3 Å². The van der Waals surface area contributed by atoms with Crippen LogP contribution in [0.15, 0.2) is 42.5 Å².